The fraction of sp³-hybridized carbons (Fsp3) is 1.00. The van der Waals surface area contributed by atoms with Gasteiger partial charge in [0.05, 0.1) is 6.61 Å². The van der Waals surface area contributed by atoms with E-state index in [0.29, 0.717) is 0 Å². The van der Waals surface area contributed by atoms with Gasteiger partial charge in [-0.3, -0.25) is 0 Å². The van der Waals surface area contributed by atoms with E-state index in [9.17, 15) is 0 Å². The summed E-state index contributed by atoms with van der Waals surface area (Å²) in [6, 6.07) is 0. The minimum Gasteiger partial charge on any atom is -0.383 e. The van der Waals surface area contributed by atoms with Crippen molar-refractivity contribution >= 4 is 0 Å². The summed E-state index contributed by atoms with van der Waals surface area (Å²) in [5.41, 5.74) is 0.787. The second-order valence-electron chi connectivity index (χ2n) is 5.87. The Morgan fingerprint density at radius 3 is 2.67 bits per heavy atom. The number of nitrogens with one attached hydrogen (secondary N) is 1. The van der Waals surface area contributed by atoms with Crippen molar-refractivity contribution in [2.45, 2.75) is 33.1 Å². The summed E-state index contributed by atoms with van der Waals surface area (Å²) < 4.78 is 5.02. The molecule has 1 spiro atoms. The third-order valence-electron chi connectivity index (χ3n) is 4.51. The lowest BCUT2D eigenvalue weighted by molar-refractivity contribution is 0.104. The Bertz CT molecular complexity index is 209. The second-order valence-corrected chi connectivity index (χ2v) is 5.87. The Morgan fingerprint density at radius 1 is 1.33 bits per heavy atom. The minimum atomic E-state index is 0.787. The van der Waals surface area contributed by atoms with Crippen molar-refractivity contribution in [1.82, 2.24) is 5.32 Å². The van der Waals surface area contributed by atoms with Crippen LogP contribution < -0.4 is 5.32 Å². The first-order valence-electron chi connectivity index (χ1n) is 6.37. The van der Waals surface area contributed by atoms with Crippen molar-refractivity contribution in [2.24, 2.45) is 23.2 Å². The van der Waals surface area contributed by atoms with Crippen molar-refractivity contribution in [3.05, 3.63) is 0 Å². The second kappa shape index (κ2) is 4.42. The molecule has 1 atom stereocenters. The van der Waals surface area contributed by atoms with Crippen LogP contribution in [0, 0.1) is 23.2 Å². The fourth-order valence-electron chi connectivity index (χ4n) is 3.13. The van der Waals surface area contributed by atoms with E-state index in [-0.39, 0.29) is 0 Å². The van der Waals surface area contributed by atoms with Gasteiger partial charge in [0.25, 0.3) is 0 Å². The predicted molar refractivity (Wildman–Crippen MR) is 62.8 cm³/mol. The van der Waals surface area contributed by atoms with Gasteiger partial charge >= 0.3 is 0 Å². The molecule has 0 amide bonds. The van der Waals surface area contributed by atoms with Gasteiger partial charge in [-0.1, -0.05) is 13.8 Å². The maximum absolute atomic E-state index is 5.02. The van der Waals surface area contributed by atoms with Crippen molar-refractivity contribution in [3.63, 3.8) is 0 Å². The van der Waals surface area contributed by atoms with E-state index < -0.39 is 0 Å². The van der Waals surface area contributed by atoms with E-state index in [1.54, 1.807) is 7.11 Å². The first-order valence-corrected chi connectivity index (χ1v) is 6.37. The van der Waals surface area contributed by atoms with Crippen LogP contribution >= 0.6 is 0 Å². The predicted octanol–water partition coefficient (Wildman–Crippen LogP) is 2.29. The molecule has 2 aliphatic carbocycles. The highest BCUT2D eigenvalue weighted by molar-refractivity contribution is 5.11. The van der Waals surface area contributed by atoms with Crippen LogP contribution in [0.4, 0.5) is 0 Å². The van der Waals surface area contributed by atoms with Crippen molar-refractivity contribution in [2.75, 3.05) is 26.8 Å². The van der Waals surface area contributed by atoms with E-state index in [1.807, 2.05) is 0 Å². The number of rotatable bonds is 6. The molecule has 2 aliphatic rings. The van der Waals surface area contributed by atoms with Crippen LogP contribution in [-0.4, -0.2) is 26.8 Å². The van der Waals surface area contributed by atoms with Crippen LogP contribution in [0.2, 0.25) is 0 Å². The Hall–Kier alpha value is -0.0800. The van der Waals surface area contributed by atoms with Crippen LogP contribution in [0.15, 0.2) is 0 Å². The van der Waals surface area contributed by atoms with Gasteiger partial charge in [-0.25, -0.2) is 0 Å². The Morgan fingerprint density at radius 2 is 2.07 bits per heavy atom. The molecule has 0 heterocycles. The maximum atomic E-state index is 5.02. The molecular weight excluding hydrogens is 186 g/mol. The van der Waals surface area contributed by atoms with Crippen LogP contribution in [0.3, 0.4) is 0 Å². The largest absolute Gasteiger partial charge is 0.383 e. The molecule has 2 heteroatoms. The molecule has 1 unspecified atom stereocenters. The highest BCUT2D eigenvalue weighted by Crippen LogP contribution is 2.68. The summed E-state index contributed by atoms with van der Waals surface area (Å²) in [5, 5.41) is 3.49. The SMILES string of the molecule is COCCNCC1CC12CC(C(C)C)C2. The van der Waals surface area contributed by atoms with Crippen LogP contribution in [0.25, 0.3) is 0 Å². The molecule has 88 valence electrons. The van der Waals surface area contributed by atoms with Crippen LogP contribution in [0.1, 0.15) is 33.1 Å². The monoisotopic (exact) mass is 211 g/mol. The van der Waals surface area contributed by atoms with Gasteiger partial charge in [0.1, 0.15) is 0 Å². The normalized spacial score (nSPS) is 38.4. The Balaban J connectivity index is 1.57. The molecule has 0 bridgehead atoms. The van der Waals surface area contributed by atoms with E-state index in [0.717, 1.165) is 36.3 Å². The lowest BCUT2D eigenvalue weighted by Gasteiger charge is -2.40. The molecular formula is C13H25NO. The fourth-order valence-corrected chi connectivity index (χ4v) is 3.13. The summed E-state index contributed by atoms with van der Waals surface area (Å²) in [6.07, 6.45) is 4.48. The first kappa shape index (κ1) is 11.4. The molecule has 0 saturated heterocycles. The molecule has 0 radical (unpaired) electrons. The summed E-state index contributed by atoms with van der Waals surface area (Å²) >= 11 is 0. The highest BCUT2D eigenvalue weighted by atomic mass is 16.5. The van der Waals surface area contributed by atoms with E-state index in [1.165, 1.54) is 25.8 Å². The molecule has 0 aromatic heterocycles. The molecule has 2 saturated carbocycles. The minimum absolute atomic E-state index is 0.787. The maximum Gasteiger partial charge on any atom is 0.0587 e. The quantitative estimate of drug-likeness (QED) is 0.681. The van der Waals surface area contributed by atoms with Crippen LogP contribution in [0.5, 0.6) is 0 Å². The van der Waals surface area contributed by atoms with Crippen molar-refractivity contribution in [1.29, 1.82) is 0 Å². The van der Waals surface area contributed by atoms with E-state index in [2.05, 4.69) is 19.2 Å². The molecule has 0 aromatic rings. The number of ether oxygens (including phenoxy) is 1. The number of hydrogen-bond acceptors (Lipinski definition) is 2. The van der Waals surface area contributed by atoms with Gasteiger partial charge in [-0.2, -0.15) is 0 Å². The van der Waals surface area contributed by atoms with E-state index in [4.69, 9.17) is 4.74 Å². The summed E-state index contributed by atoms with van der Waals surface area (Å²) in [7, 11) is 1.76. The Labute approximate surface area is 93.8 Å². The topological polar surface area (TPSA) is 21.3 Å². The number of hydrogen-bond donors (Lipinski definition) is 1. The van der Waals surface area contributed by atoms with E-state index >= 15 is 0 Å². The van der Waals surface area contributed by atoms with Crippen LogP contribution in [-0.2, 0) is 4.74 Å². The summed E-state index contributed by atoms with van der Waals surface area (Å²) in [5.74, 6) is 2.90. The first-order chi connectivity index (χ1) is 7.18. The van der Waals surface area contributed by atoms with Gasteiger partial charge in [-0.05, 0) is 49.0 Å². The molecule has 2 nitrogen and oxygen atoms in total. The third-order valence-corrected chi connectivity index (χ3v) is 4.51. The van der Waals surface area contributed by atoms with Gasteiger partial charge in [0, 0.05) is 13.7 Å². The lowest BCUT2D eigenvalue weighted by atomic mass is 9.66. The van der Waals surface area contributed by atoms with Crippen molar-refractivity contribution < 1.29 is 4.74 Å². The average molecular weight is 211 g/mol. The summed E-state index contributed by atoms with van der Waals surface area (Å²) in [4.78, 5) is 0. The number of methoxy groups -OCH3 is 1. The zero-order valence-corrected chi connectivity index (χ0v) is 10.4. The molecule has 0 aliphatic heterocycles. The van der Waals surface area contributed by atoms with Crippen molar-refractivity contribution in [3.8, 4) is 0 Å². The van der Waals surface area contributed by atoms with Gasteiger partial charge in [0.2, 0.25) is 0 Å². The molecule has 2 fully saturated rings. The zero-order valence-electron chi connectivity index (χ0n) is 10.4. The average Bonchev–Trinajstić information content (AvgIpc) is 2.84. The molecule has 2 rings (SSSR count). The van der Waals surface area contributed by atoms with Gasteiger partial charge < -0.3 is 10.1 Å². The summed E-state index contributed by atoms with van der Waals surface area (Å²) in [6.45, 7) is 7.80. The smallest absolute Gasteiger partial charge is 0.0587 e. The molecule has 0 aromatic carbocycles. The standard InChI is InChI=1S/C13H25NO/c1-10(2)11-6-13(7-11)8-12(13)9-14-4-5-15-3/h10-12,14H,4-9H2,1-3H3. The molecule has 1 N–H and O–H groups in total. The van der Waals surface area contributed by atoms with Gasteiger partial charge in [-0.15, -0.1) is 0 Å². The lowest BCUT2D eigenvalue weighted by Crippen LogP contribution is -2.33. The molecule has 15 heavy (non-hydrogen) atoms. The van der Waals surface area contributed by atoms with Gasteiger partial charge in [0.15, 0.2) is 0 Å². The highest BCUT2D eigenvalue weighted by Gasteiger charge is 2.60. The zero-order chi connectivity index (χ0) is 10.9. The Kier molecular flexibility index (Phi) is 3.36. The third kappa shape index (κ3) is 2.36.